The van der Waals surface area contributed by atoms with E-state index < -0.39 is 15.8 Å². The first-order valence-corrected chi connectivity index (χ1v) is 8.32. The molecule has 1 aliphatic carbocycles. The van der Waals surface area contributed by atoms with Crippen molar-refractivity contribution < 1.29 is 17.6 Å². The van der Waals surface area contributed by atoms with Crippen LogP contribution in [-0.4, -0.2) is 20.6 Å². The lowest BCUT2D eigenvalue weighted by Crippen LogP contribution is -2.20. The first kappa shape index (κ1) is 14.8. The van der Waals surface area contributed by atoms with Gasteiger partial charge in [-0.3, -0.25) is 9.52 Å². The number of nitrogens with one attached hydrogen (secondary N) is 2. The van der Waals surface area contributed by atoms with Crippen LogP contribution < -0.4 is 10.0 Å². The lowest BCUT2D eigenvalue weighted by Gasteiger charge is -2.11. The van der Waals surface area contributed by atoms with Crippen LogP contribution >= 0.6 is 0 Å². The van der Waals surface area contributed by atoms with E-state index in [-0.39, 0.29) is 17.5 Å². The number of hydrogen-bond acceptors (Lipinski definition) is 3. The number of anilines is 2. The van der Waals surface area contributed by atoms with E-state index in [1.165, 1.54) is 12.1 Å². The lowest BCUT2D eigenvalue weighted by atomic mass is 10.1. The molecule has 2 rings (SSSR count). The molecular weight excluding hydrogens is 283 g/mol. The van der Waals surface area contributed by atoms with Gasteiger partial charge in [-0.2, -0.15) is 0 Å². The maximum absolute atomic E-state index is 13.7. The molecule has 0 radical (unpaired) electrons. The Morgan fingerprint density at radius 1 is 1.30 bits per heavy atom. The Labute approximate surface area is 117 Å². The Balaban J connectivity index is 2.07. The zero-order chi connectivity index (χ0) is 14.8. The predicted octanol–water partition coefficient (Wildman–Crippen LogP) is 2.33. The van der Waals surface area contributed by atoms with Gasteiger partial charge in [0.05, 0.1) is 11.9 Å². The second-order valence-corrected chi connectivity index (χ2v) is 6.79. The standard InChI is InChI=1S/C13H17FN2O3S/c1-20(18,19)16-12-7-6-10(8-11(12)14)15-13(17)9-4-2-3-5-9/h6-9,16H,2-5H2,1H3,(H,15,17). The van der Waals surface area contributed by atoms with E-state index >= 15 is 0 Å². The molecule has 0 spiro atoms. The highest BCUT2D eigenvalue weighted by atomic mass is 32.2. The van der Waals surface area contributed by atoms with Gasteiger partial charge >= 0.3 is 0 Å². The minimum absolute atomic E-state index is 0.00752. The van der Waals surface area contributed by atoms with Crippen LogP contribution in [0.5, 0.6) is 0 Å². The largest absolute Gasteiger partial charge is 0.326 e. The summed E-state index contributed by atoms with van der Waals surface area (Å²) >= 11 is 0. The molecule has 0 aliphatic heterocycles. The first-order valence-electron chi connectivity index (χ1n) is 6.43. The van der Waals surface area contributed by atoms with E-state index in [1.807, 2.05) is 0 Å². The van der Waals surface area contributed by atoms with Gasteiger partial charge in [0.15, 0.2) is 0 Å². The second kappa shape index (κ2) is 5.78. The van der Waals surface area contributed by atoms with Crippen LogP contribution in [-0.2, 0) is 14.8 Å². The van der Waals surface area contributed by atoms with Gasteiger partial charge in [0, 0.05) is 11.6 Å². The minimum atomic E-state index is -3.53. The van der Waals surface area contributed by atoms with Gasteiger partial charge in [-0.25, -0.2) is 12.8 Å². The van der Waals surface area contributed by atoms with Gasteiger partial charge in [-0.15, -0.1) is 0 Å². The molecule has 7 heteroatoms. The second-order valence-electron chi connectivity index (χ2n) is 5.04. The summed E-state index contributed by atoms with van der Waals surface area (Å²) in [5, 5.41) is 2.66. The fourth-order valence-corrected chi connectivity index (χ4v) is 2.87. The van der Waals surface area contributed by atoms with E-state index in [2.05, 4.69) is 10.0 Å². The molecule has 0 saturated heterocycles. The summed E-state index contributed by atoms with van der Waals surface area (Å²) in [4.78, 5) is 11.9. The van der Waals surface area contributed by atoms with Crippen molar-refractivity contribution in [2.24, 2.45) is 5.92 Å². The van der Waals surface area contributed by atoms with Gasteiger partial charge < -0.3 is 5.32 Å². The molecule has 1 amide bonds. The van der Waals surface area contributed by atoms with Crippen LogP contribution in [0.2, 0.25) is 0 Å². The van der Waals surface area contributed by atoms with Crippen molar-refractivity contribution in [2.45, 2.75) is 25.7 Å². The molecule has 1 saturated carbocycles. The number of benzene rings is 1. The molecule has 1 aromatic carbocycles. The van der Waals surface area contributed by atoms with Gasteiger partial charge in [-0.05, 0) is 31.0 Å². The third kappa shape index (κ3) is 3.93. The quantitative estimate of drug-likeness (QED) is 0.896. The zero-order valence-electron chi connectivity index (χ0n) is 11.1. The third-order valence-corrected chi connectivity index (χ3v) is 3.85. The SMILES string of the molecule is CS(=O)(=O)Nc1ccc(NC(=O)C2CCCC2)cc1F. The Hall–Kier alpha value is -1.63. The molecular formula is C13H17FN2O3S. The van der Waals surface area contributed by atoms with Crippen molar-refractivity contribution in [3.63, 3.8) is 0 Å². The summed E-state index contributed by atoms with van der Waals surface area (Å²) in [6, 6.07) is 3.88. The molecule has 0 atom stereocenters. The molecule has 0 unspecified atom stereocenters. The van der Waals surface area contributed by atoms with Gasteiger partial charge in [0.1, 0.15) is 5.82 Å². The summed E-state index contributed by atoms with van der Waals surface area (Å²) in [5.74, 6) is -0.836. The minimum Gasteiger partial charge on any atom is -0.326 e. The van der Waals surface area contributed by atoms with Crippen LogP contribution in [0, 0.1) is 11.7 Å². The van der Waals surface area contributed by atoms with Gasteiger partial charge in [-0.1, -0.05) is 12.8 Å². The van der Waals surface area contributed by atoms with Crippen LogP contribution in [0.15, 0.2) is 18.2 Å². The zero-order valence-corrected chi connectivity index (χ0v) is 12.0. The Kier molecular flexibility index (Phi) is 4.27. The number of sulfonamides is 1. The average Bonchev–Trinajstić information content (AvgIpc) is 2.85. The van der Waals surface area contributed by atoms with Crippen molar-refractivity contribution >= 4 is 27.3 Å². The maximum Gasteiger partial charge on any atom is 0.229 e. The summed E-state index contributed by atoms with van der Waals surface area (Å²) in [6.45, 7) is 0. The van der Waals surface area contributed by atoms with Crippen LogP contribution in [0.4, 0.5) is 15.8 Å². The van der Waals surface area contributed by atoms with Crippen molar-refractivity contribution in [3.05, 3.63) is 24.0 Å². The van der Waals surface area contributed by atoms with E-state index in [0.29, 0.717) is 5.69 Å². The smallest absolute Gasteiger partial charge is 0.229 e. The highest BCUT2D eigenvalue weighted by molar-refractivity contribution is 7.92. The molecule has 5 nitrogen and oxygen atoms in total. The maximum atomic E-state index is 13.7. The molecule has 1 aliphatic rings. The van der Waals surface area contributed by atoms with E-state index in [4.69, 9.17) is 0 Å². The normalized spacial score (nSPS) is 16.1. The van der Waals surface area contributed by atoms with Crippen molar-refractivity contribution in [3.8, 4) is 0 Å². The molecule has 20 heavy (non-hydrogen) atoms. The Morgan fingerprint density at radius 3 is 2.50 bits per heavy atom. The molecule has 1 fully saturated rings. The number of hydrogen-bond donors (Lipinski definition) is 2. The van der Waals surface area contributed by atoms with E-state index in [0.717, 1.165) is 38.0 Å². The number of halogens is 1. The fourth-order valence-electron chi connectivity index (χ4n) is 2.31. The monoisotopic (exact) mass is 300 g/mol. The highest BCUT2D eigenvalue weighted by Crippen LogP contribution is 2.27. The van der Waals surface area contributed by atoms with E-state index in [9.17, 15) is 17.6 Å². The topological polar surface area (TPSA) is 75.3 Å². The Bertz CT molecular complexity index is 610. The van der Waals surface area contributed by atoms with Crippen LogP contribution in [0.3, 0.4) is 0 Å². The average molecular weight is 300 g/mol. The molecule has 1 aromatic rings. The van der Waals surface area contributed by atoms with Crippen LogP contribution in [0.1, 0.15) is 25.7 Å². The lowest BCUT2D eigenvalue weighted by molar-refractivity contribution is -0.119. The molecule has 0 bridgehead atoms. The molecule has 0 heterocycles. The fraction of sp³-hybridized carbons (Fsp3) is 0.462. The van der Waals surface area contributed by atoms with Gasteiger partial charge in [0.25, 0.3) is 0 Å². The Morgan fingerprint density at radius 2 is 1.95 bits per heavy atom. The van der Waals surface area contributed by atoms with Gasteiger partial charge in [0.2, 0.25) is 15.9 Å². The molecule has 110 valence electrons. The van der Waals surface area contributed by atoms with Crippen molar-refractivity contribution in [1.29, 1.82) is 0 Å². The summed E-state index contributed by atoms with van der Waals surface area (Å²) in [7, 11) is -3.53. The summed E-state index contributed by atoms with van der Waals surface area (Å²) in [6.07, 6.45) is 4.76. The highest BCUT2D eigenvalue weighted by Gasteiger charge is 2.22. The van der Waals surface area contributed by atoms with Crippen molar-refractivity contribution in [1.82, 2.24) is 0 Å². The third-order valence-electron chi connectivity index (χ3n) is 3.26. The molecule has 2 N–H and O–H groups in total. The number of carbonyl (C=O) groups excluding carboxylic acids is 1. The van der Waals surface area contributed by atoms with Crippen molar-refractivity contribution in [2.75, 3.05) is 16.3 Å². The van der Waals surface area contributed by atoms with Crippen LogP contribution in [0.25, 0.3) is 0 Å². The first-order chi connectivity index (χ1) is 9.35. The predicted molar refractivity (Wildman–Crippen MR) is 75.5 cm³/mol. The number of rotatable bonds is 4. The number of amides is 1. The number of carbonyl (C=O) groups is 1. The summed E-state index contributed by atoms with van der Waals surface area (Å²) in [5.41, 5.74) is 0.199. The molecule has 0 aromatic heterocycles. The summed E-state index contributed by atoms with van der Waals surface area (Å²) < 4.78 is 37.9. The van der Waals surface area contributed by atoms with E-state index in [1.54, 1.807) is 0 Å².